The highest BCUT2D eigenvalue weighted by molar-refractivity contribution is 7.16. The lowest BCUT2D eigenvalue weighted by molar-refractivity contribution is -0.115. The maximum absolute atomic E-state index is 12.1. The van der Waals surface area contributed by atoms with Gasteiger partial charge in [0.05, 0.1) is 29.3 Å². The van der Waals surface area contributed by atoms with Crippen LogP contribution in [0.25, 0.3) is 0 Å². The predicted octanol–water partition coefficient (Wildman–Crippen LogP) is 3.43. The number of hydrogen-bond donors (Lipinski definition) is 1. The Balaban J connectivity index is 2.12. The fourth-order valence-electron chi connectivity index (χ4n) is 1.89. The second-order valence-electron chi connectivity index (χ2n) is 4.61. The molecule has 0 saturated carbocycles. The standard InChI is InChI=1S/C15H18N2O3S2/c1-4-11-7-12(15(19)20-5-2)14(22-11)17-13(18)6-10-8-21-9(3)16-10/h7-8H,4-6H2,1-3H3,(H,17,18). The van der Waals surface area contributed by atoms with Gasteiger partial charge in [0.2, 0.25) is 5.91 Å². The van der Waals surface area contributed by atoms with Crippen molar-refractivity contribution in [2.45, 2.75) is 33.6 Å². The van der Waals surface area contributed by atoms with Gasteiger partial charge in [-0.05, 0) is 26.3 Å². The summed E-state index contributed by atoms with van der Waals surface area (Å²) in [7, 11) is 0. The number of carbonyl (C=O) groups is 2. The van der Waals surface area contributed by atoms with Gasteiger partial charge in [0.1, 0.15) is 5.00 Å². The van der Waals surface area contributed by atoms with Gasteiger partial charge in [-0.25, -0.2) is 9.78 Å². The summed E-state index contributed by atoms with van der Waals surface area (Å²) in [4.78, 5) is 29.4. The normalized spacial score (nSPS) is 10.5. The molecule has 7 heteroatoms. The number of nitrogens with zero attached hydrogens (tertiary/aromatic N) is 1. The van der Waals surface area contributed by atoms with Gasteiger partial charge < -0.3 is 10.1 Å². The molecule has 2 heterocycles. The molecule has 0 atom stereocenters. The van der Waals surface area contributed by atoms with Crippen molar-refractivity contribution in [2.24, 2.45) is 0 Å². The minimum atomic E-state index is -0.404. The Morgan fingerprint density at radius 3 is 2.73 bits per heavy atom. The first-order chi connectivity index (χ1) is 10.5. The largest absolute Gasteiger partial charge is 0.462 e. The lowest BCUT2D eigenvalue weighted by Crippen LogP contribution is -2.16. The number of thiazole rings is 1. The summed E-state index contributed by atoms with van der Waals surface area (Å²) in [6.45, 7) is 5.97. The van der Waals surface area contributed by atoms with E-state index in [1.807, 2.05) is 19.2 Å². The van der Waals surface area contributed by atoms with Crippen LogP contribution in [0.3, 0.4) is 0 Å². The maximum Gasteiger partial charge on any atom is 0.341 e. The Bertz CT molecular complexity index is 676. The average Bonchev–Trinajstić information content (AvgIpc) is 3.05. The van der Waals surface area contributed by atoms with Crippen molar-refractivity contribution in [1.82, 2.24) is 4.98 Å². The fourth-order valence-corrected chi connectivity index (χ4v) is 3.51. The maximum atomic E-state index is 12.1. The topological polar surface area (TPSA) is 68.3 Å². The van der Waals surface area contributed by atoms with Gasteiger partial charge in [-0.3, -0.25) is 4.79 Å². The van der Waals surface area contributed by atoms with Crippen LogP contribution < -0.4 is 5.32 Å². The number of amides is 1. The molecule has 5 nitrogen and oxygen atoms in total. The molecule has 1 N–H and O–H groups in total. The van der Waals surface area contributed by atoms with E-state index in [1.165, 1.54) is 22.7 Å². The highest BCUT2D eigenvalue weighted by atomic mass is 32.1. The van der Waals surface area contributed by atoms with Crippen molar-refractivity contribution < 1.29 is 14.3 Å². The molecule has 1 amide bonds. The lowest BCUT2D eigenvalue weighted by Gasteiger charge is -2.05. The molecule has 0 bridgehead atoms. The zero-order valence-electron chi connectivity index (χ0n) is 12.8. The number of esters is 1. The van der Waals surface area contributed by atoms with Crippen molar-refractivity contribution in [2.75, 3.05) is 11.9 Å². The number of carbonyl (C=O) groups excluding carboxylic acids is 2. The van der Waals surface area contributed by atoms with Crippen LogP contribution in [0.15, 0.2) is 11.4 Å². The monoisotopic (exact) mass is 338 g/mol. The molecule has 22 heavy (non-hydrogen) atoms. The van der Waals surface area contributed by atoms with Gasteiger partial charge in [-0.2, -0.15) is 0 Å². The van der Waals surface area contributed by atoms with Crippen LogP contribution in [-0.2, 0) is 22.4 Å². The molecular weight excluding hydrogens is 320 g/mol. The van der Waals surface area contributed by atoms with Gasteiger partial charge in [0.25, 0.3) is 0 Å². The van der Waals surface area contributed by atoms with Crippen LogP contribution in [0.4, 0.5) is 5.00 Å². The van der Waals surface area contributed by atoms with Crippen LogP contribution >= 0.6 is 22.7 Å². The Hall–Kier alpha value is -1.73. The molecule has 0 aliphatic heterocycles. The zero-order valence-corrected chi connectivity index (χ0v) is 14.4. The molecule has 2 aromatic heterocycles. The Kier molecular flexibility index (Phi) is 5.68. The van der Waals surface area contributed by atoms with E-state index in [4.69, 9.17) is 4.74 Å². The molecule has 0 aromatic carbocycles. The number of aromatic nitrogens is 1. The highest BCUT2D eigenvalue weighted by Gasteiger charge is 2.19. The van der Waals surface area contributed by atoms with Crippen LogP contribution in [0.2, 0.25) is 0 Å². The van der Waals surface area contributed by atoms with E-state index in [2.05, 4.69) is 10.3 Å². The molecule has 0 radical (unpaired) electrons. The number of thiophene rings is 1. The third-order valence-electron chi connectivity index (χ3n) is 2.89. The van der Waals surface area contributed by atoms with Crippen LogP contribution in [0.1, 0.15) is 39.8 Å². The Morgan fingerprint density at radius 1 is 1.36 bits per heavy atom. The number of ether oxygens (including phenoxy) is 1. The van der Waals surface area contributed by atoms with Crippen LogP contribution in [-0.4, -0.2) is 23.5 Å². The van der Waals surface area contributed by atoms with Crippen LogP contribution in [0, 0.1) is 6.92 Å². The van der Waals surface area contributed by atoms with Gasteiger partial charge in [0.15, 0.2) is 0 Å². The fraction of sp³-hybridized carbons (Fsp3) is 0.400. The molecule has 0 saturated heterocycles. The summed E-state index contributed by atoms with van der Waals surface area (Å²) in [5.41, 5.74) is 1.16. The number of hydrogen-bond acceptors (Lipinski definition) is 6. The summed E-state index contributed by atoms with van der Waals surface area (Å²) in [6, 6.07) is 1.78. The third kappa shape index (κ3) is 4.14. The van der Waals surface area contributed by atoms with Crippen molar-refractivity contribution in [3.63, 3.8) is 0 Å². The number of aryl methyl sites for hydroxylation is 2. The molecule has 0 spiro atoms. The first-order valence-electron chi connectivity index (χ1n) is 7.04. The minimum absolute atomic E-state index is 0.180. The number of nitrogens with one attached hydrogen (secondary N) is 1. The Labute approximate surface area is 137 Å². The Morgan fingerprint density at radius 2 is 2.14 bits per heavy atom. The summed E-state index contributed by atoms with van der Waals surface area (Å²) in [6.07, 6.45) is 1.00. The van der Waals surface area contributed by atoms with Crippen molar-refractivity contribution in [3.05, 3.63) is 32.6 Å². The number of rotatable bonds is 6. The summed E-state index contributed by atoms with van der Waals surface area (Å²) in [5, 5.41) is 6.15. The first kappa shape index (κ1) is 16.6. The third-order valence-corrected chi connectivity index (χ3v) is 4.91. The highest BCUT2D eigenvalue weighted by Crippen LogP contribution is 2.29. The minimum Gasteiger partial charge on any atom is -0.462 e. The molecule has 0 unspecified atom stereocenters. The molecule has 118 valence electrons. The molecular formula is C15H18N2O3S2. The summed E-state index contributed by atoms with van der Waals surface area (Å²) >= 11 is 2.92. The van der Waals surface area contributed by atoms with Crippen molar-refractivity contribution >= 4 is 39.6 Å². The van der Waals surface area contributed by atoms with E-state index >= 15 is 0 Å². The lowest BCUT2D eigenvalue weighted by atomic mass is 10.2. The molecule has 2 rings (SSSR count). The second kappa shape index (κ2) is 7.51. The van der Waals surface area contributed by atoms with Crippen molar-refractivity contribution in [1.29, 1.82) is 0 Å². The van der Waals surface area contributed by atoms with E-state index in [9.17, 15) is 9.59 Å². The molecule has 0 aliphatic carbocycles. The van der Waals surface area contributed by atoms with E-state index in [-0.39, 0.29) is 12.3 Å². The molecule has 0 fully saturated rings. The van der Waals surface area contributed by atoms with Gasteiger partial charge in [-0.1, -0.05) is 6.92 Å². The van der Waals surface area contributed by atoms with Crippen LogP contribution in [0.5, 0.6) is 0 Å². The number of anilines is 1. The molecule has 0 aliphatic rings. The van der Waals surface area contributed by atoms with E-state index in [0.717, 1.165) is 22.0 Å². The van der Waals surface area contributed by atoms with Gasteiger partial charge in [0, 0.05) is 10.3 Å². The van der Waals surface area contributed by atoms with E-state index < -0.39 is 5.97 Å². The average molecular weight is 338 g/mol. The smallest absolute Gasteiger partial charge is 0.341 e. The molecule has 2 aromatic rings. The van der Waals surface area contributed by atoms with Crippen molar-refractivity contribution in [3.8, 4) is 0 Å². The SMILES string of the molecule is CCOC(=O)c1cc(CC)sc1NC(=O)Cc1csc(C)n1. The van der Waals surface area contributed by atoms with E-state index in [0.29, 0.717) is 17.2 Å². The first-order valence-corrected chi connectivity index (χ1v) is 8.73. The summed E-state index contributed by atoms with van der Waals surface area (Å²) in [5.74, 6) is -0.585. The van der Waals surface area contributed by atoms with Gasteiger partial charge >= 0.3 is 5.97 Å². The quantitative estimate of drug-likeness (QED) is 0.819. The van der Waals surface area contributed by atoms with E-state index in [1.54, 1.807) is 13.0 Å². The second-order valence-corrected chi connectivity index (χ2v) is 6.81. The zero-order chi connectivity index (χ0) is 16.1. The van der Waals surface area contributed by atoms with Gasteiger partial charge in [-0.15, -0.1) is 22.7 Å². The summed E-state index contributed by atoms with van der Waals surface area (Å²) < 4.78 is 5.04. The predicted molar refractivity (Wildman–Crippen MR) is 88.8 cm³/mol.